The molecule has 0 atom stereocenters. The molecule has 1 rings (SSSR count). The van der Waals surface area contributed by atoms with Crippen LogP contribution in [0.25, 0.3) is 0 Å². The summed E-state index contributed by atoms with van der Waals surface area (Å²) in [6, 6.07) is 6.33. The van der Waals surface area contributed by atoms with Crippen molar-refractivity contribution in [2.75, 3.05) is 25.6 Å². The summed E-state index contributed by atoms with van der Waals surface area (Å²) < 4.78 is 27.3. The van der Waals surface area contributed by atoms with Crippen LogP contribution in [0.15, 0.2) is 29.2 Å². The number of aliphatic hydroxyl groups excluding tert-OH is 2. The molecule has 11 heteroatoms. The molecule has 0 spiro atoms. The van der Waals surface area contributed by atoms with Gasteiger partial charge in [-0.1, -0.05) is 29.5 Å². The standard InChI is InChI=1S/C9H12O4S.C4H8O2S.C2H4OS.Na/c1-8-2-4-9(5-3-8)14(11,12)13-7-6-10;1-4(6)7-3-2-5;1-2(3)4;/h2-5,10H,6-7H2,1H3;5H,2-3H2,1H3;1H3,(H,3,4);/q;;;+1/p-1. The van der Waals surface area contributed by atoms with Gasteiger partial charge in [0.05, 0.1) is 24.7 Å². The molecule has 0 unspecified atom stereocenters. The smallest absolute Gasteiger partial charge is 0.742 e. The Morgan fingerprint density at radius 2 is 1.58 bits per heavy atom. The van der Waals surface area contributed by atoms with Gasteiger partial charge in [-0.3, -0.25) is 8.98 Å². The first kappa shape index (κ1) is 30.7. The van der Waals surface area contributed by atoms with E-state index in [-0.39, 0.29) is 64.5 Å². The summed E-state index contributed by atoms with van der Waals surface area (Å²) in [7, 11) is -3.70. The van der Waals surface area contributed by atoms with E-state index in [1.807, 2.05) is 6.92 Å². The third-order valence-electron chi connectivity index (χ3n) is 2.04. The summed E-state index contributed by atoms with van der Waals surface area (Å²) in [5.41, 5.74) is 0.978. The number of hydrogen-bond donors (Lipinski definition) is 2. The van der Waals surface area contributed by atoms with Gasteiger partial charge in [0.15, 0.2) is 5.12 Å². The number of hydrogen-bond acceptors (Lipinski definition) is 9. The molecule has 0 aliphatic heterocycles. The molecule has 0 amide bonds. The van der Waals surface area contributed by atoms with Gasteiger partial charge in [-0.2, -0.15) is 8.42 Å². The minimum absolute atomic E-state index is 0. The van der Waals surface area contributed by atoms with E-state index < -0.39 is 10.1 Å². The number of thioether (sulfide) groups is 1. The van der Waals surface area contributed by atoms with Crippen molar-refractivity contribution in [3.05, 3.63) is 29.8 Å². The van der Waals surface area contributed by atoms with Crippen LogP contribution in [0.4, 0.5) is 0 Å². The number of carbonyl (C=O) groups is 2. The van der Waals surface area contributed by atoms with Crippen molar-refractivity contribution in [2.24, 2.45) is 0 Å². The minimum Gasteiger partial charge on any atom is -0.742 e. The SMILES string of the molecule is CC(=O)SCCO.CC(=O)[S-].Cc1ccc(S(=O)(=O)OCCO)cc1.[Na+]. The molecule has 0 aliphatic carbocycles. The molecular weight excluding hydrogens is 411 g/mol. The van der Waals surface area contributed by atoms with E-state index in [0.717, 1.165) is 17.3 Å². The first-order chi connectivity index (χ1) is 11.6. The Morgan fingerprint density at radius 1 is 1.12 bits per heavy atom. The van der Waals surface area contributed by atoms with Crippen molar-refractivity contribution >= 4 is 44.7 Å². The molecule has 1 aromatic carbocycles. The van der Waals surface area contributed by atoms with Gasteiger partial charge in [0.25, 0.3) is 10.1 Å². The predicted molar refractivity (Wildman–Crippen MR) is 99.7 cm³/mol. The van der Waals surface area contributed by atoms with Crippen LogP contribution in [0.1, 0.15) is 19.4 Å². The maximum Gasteiger partial charge on any atom is 1.00 e. The zero-order valence-corrected chi connectivity index (χ0v) is 19.7. The third-order valence-corrected chi connectivity index (χ3v) is 4.16. The molecule has 144 valence electrons. The Kier molecular flexibility index (Phi) is 21.6. The molecule has 7 nitrogen and oxygen atoms in total. The molecule has 0 radical (unpaired) electrons. The number of rotatable bonds is 6. The van der Waals surface area contributed by atoms with Gasteiger partial charge >= 0.3 is 29.6 Å². The van der Waals surface area contributed by atoms with Crippen molar-refractivity contribution in [2.45, 2.75) is 25.7 Å². The number of carbonyl (C=O) groups excluding carboxylic acids is 2. The van der Waals surface area contributed by atoms with Crippen molar-refractivity contribution in [1.29, 1.82) is 0 Å². The molecule has 1 aromatic rings. The summed E-state index contributed by atoms with van der Waals surface area (Å²) in [5.74, 6) is 0.523. The fraction of sp³-hybridized carbons (Fsp3) is 0.467. The van der Waals surface area contributed by atoms with Gasteiger partial charge in [0.1, 0.15) is 0 Å². The Hall–Kier alpha value is -0.0400. The van der Waals surface area contributed by atoms with Crippen molar-refractivity contribution in [3.63, 3.8) is 0 Å². The van der Waals surface area contributed by atoms with Gasteiger partial charge < -0.3 is 27.6 Å². The number of benzene rings is 1. The Bertz CT molecular complexity index is 600. The van der Waals surface area contributed by atoms with Gasteiger partial charge in [-0.15, -0.1) is 0 Å². The van der Waals surface area contributed by atoms with Crippen LogP contribution in [-0.2, 0) is 36.5 Å². The maximum atomic E-state index is 11.4. The first-order valence-electron chi connectivity index (χ1n) is 7.05. The summed E-state index contributed by atoms with van der Waals surface area (Å²) in [6.07, 6.45) is 0. The second-order valence-corrected chi connectivity index (χ2v) is 7.83. The fourth-order valence-electron chi connectivity index (χ4n) is 1.11. The summed E-state index contributed by atoms with van der Waals surface area (Å²) in [5, 5.41) is 16.4. The Morgan fingerprint density at radius 3 is 1.88 bits per heavy atom. The average Bonchev–Trinajstić information content (AvgIpc) is 2.51. The van der Waals surface area contributed by atoms with Crippen LogP contribution < -0.4 is 29.6 Å². The molecule has 0 saturated carbocycles. The monoisotopic (exact) mass is 434 g/mol. The van der Waals surface area contributed by atoms with Crippen LogP contribution in [-0.4, -0.2) is 54.4 Å². The van der Waals surface area contributed by atoms with E-state index in [2.05, 4.69) is 16.8 Å². The maximum absolute atomic E-state index is 11.4. The molecule has 0 aliphatic rings. The summed E-state index contributed by atoms with van der Waals surface area (Å²) in [4.78, 5) is 19.4. The van der Waals surface area contributed by atoms with Gasteiger partial charge in [-0.25, -0.2) is 0 Å². The van der Waals surface area contributed by atoms with E-state index in [9.17, 15) is 18.0 Å². The van der Waals surface area contributed by atoms with E-state index in [1.54, 1.807) is 12.1 Å². The van der Waals surface area contributed by atoms with Gasteiger partial charge in [0.2, 0.25) is 0 Å². The quantitative estimate of drug-likeness (QED) is 0.299. The van der Waals surface area contributed by atoms with E-state index in [0.29, 0.717) is 5.75 Å². The summed E-state index contributed by atoms with van der Waals surface area (Å²) >= 11 is 5.12. The van der Waals surface area contributed by atoms with Crippen molar-refractivity contribution < 1.29 is 62.0 Å². The molecular formula is C15H23NaO7S3. The van der Waals surface area contributed by atoms with E-state index >= 15 is 0 Å². The molecule has 0 saturated heterocycles. The Balaban J connectivity index is -0.000000372. The van der Waals surface area contributed by atoms with Crippen LogP contribution in [0.2, 0.25) is 0 Å². The third kappa shape index (κ3) is 20.3. The zero-order chi connectivity index (χ0) is 19.9. The van der Waals surface area contributed by atoms with Crippen LogP contribution in [0.3, 0.4) is 0 Å². The summed E-state index contributed by atoms with van der Waals surface area (Å²) in [6.45, 7) is 4.26. The number of aryl methyl sites for hydroxylation is 1. The minimum atomic E-state index is -3.70. The van der Waals surface area contributed by atoms with Crippen LogP contribution in [0, 0.1) is 6.92 Å². The first-order valence-corrected chi connectivity index (χ1v) is 9.85. The molecule has 0 heterocycles. The van der Waals surface area contributed by atoms with Crippen LogP contribution >= 0.6 is 11.8 Å². The largest absolute Gasteiger partial charge is 1.00 e. The molecule has 26 heavy (non-hydrogen) atoms. The number of aliphatic hydroxyl groups is 2. The van der Waals surface area contributed by atoms with Crippen LogP contribution in [0.5, 0.6) is 0 Å². The molecule has 0 fully saturated rings. The van der Waals surface area contributed by atoms with Gasteiger partial charge in [0, 0.05) is 17.8 Å². The normalized spacial score (nSPS) is 9.58. The average molecular weight is 435 g/mol. The predicted octanol–water partition coefficient (Wildman–Crippen LogP) is -1.97. The van der Waals surface area contributed by atoms with Gasteiger partial charge in [-0.05, 0) is 26.0 Å². The Labute approximate surface area is 186 Å². The second-order valence-electron chi connectivity index (χ2n) is 4.37. The zero-order valence-electron chi connectivity index (χ0n) is 15.3. The fourth-order valence-corrected chi connectivity index (χ4v) is 2.39. The molecule has 0 aromatic heterocycles. The van der Waals surface area contributed by atoms with E-state index in [1.165, 1.54) is 26.0 Å². The molecule has 0 bridgehead atoms. The molecule has 2 N–H and O–H groups in total. The van der Waals surface area contributed by atoms with E-state index in [4.69, 9.17) is 10.2 Å². The van der Waals surface area contributed by atoms with Crippen molar-refractivity contribution in [1.82, 2.24) is 0 Å². The topological polar surface area (TPSA) is 118 Å². The second kappa shape index (κ2) is 18.3. The van der Waals surface area contributed by atoms with Crippen molar-refractivity contribution in [3.8, 4) is 0 Å².